The van der Waals surface area contributed by atoms with Crippen molar-refractivity contribution in [2.75, 3.05) is 13.1 Å². The molecule has 0 radical (unpaired) electrons. The fraction of sp³-hybridized carbons (Fsp3) is 0.636. The SMILES string of the molecule is CC1=C(C)C(=O)N(C2(C)CCNC2)C1=O. The summed E-state index contributed by atoms with van der Waals surface area (Å²) < 4.78 is 0. The predicted octanol–water partition coefficient (Wildman–Crippen LogP) is 0.444. The van der Waals surface area contributed by atoms with Crippen molar-refractivity contribution in [3.05, 3.63) is 11.1 Å². The minimum absolute atomic E-state index is 0.122. The van der Waals surface area contributed by atoms with Gasteiger partial charge in [-0.15, -0.1) is 0 Å². The molecule has 4 heteroatoms. The topological polar surface area (TPSA) is 49.4 Å². The van der Waals surface area contributed by atoms with E-state index in [4.69, 9.17) is 0 Å². The van der Waals surface area contributed by atoms with Gasteiger partial charge >= 0.3 is 0 Å². The van der Waals surface area contributed by atoms with Crippen molar-refractivity contribution in [2.24, 2.45) is 0 Å². The highest BCUT2D eigenvalue weighted by Crippen LogP contribution is 2.31. The Labute approximate surface area is 89.3 Å². The quantitative estimate of drug-likeness (QED) is 0.636. The number of imide groups is 1. The third-order valence-electron chi connectivity index (χ3n) is 3.50. The maximum absolute atomic E-state index is 11.9. The Bertz CT molecular complexity index is 341. The van der Waals surface area contributed by atoms with Crippen LogP contribution in [0.15, 0.2) is 11.1 Å². The second kappa shape index (κ2) is 3.17. The molecule has 82 valence electrons. The molecule has 1 N–H and O–H groups in total. The van der Waals surface area contributed by atoms with Crippen LogP contribution in [0.2, 0.25) is 0 Å². The minimum atomic E-state index is -0.340. The zero-order valence-corrected chi connectivity index (χ0v) is 9.39. The van der Waals surface area contributed by atoms with Crippen LogP contribution in [0.5, 0.6) is 0 Å². The van der Waals surface area contributed by atoms with Crippen molar-refractivity contribution in [3.8, 4) is 0 Å². The molecule has 2 aliphatic rings. The minimum Gasteiger partial charge on any atom is -0.314 e. The standard InChI is InChI=1S/C11H16N2O2/c1-7-8(2)10(15)13(9(7)14)11(3)4-5-12-6-11/h12H,4-6H2,1-3H3. The molecule has 15 heavy (non-hydrogen) atoms. The maximum atomic E-state index is 11.9. The summed E-state index contributed by atoms with van der Waals surface area (Å²) >= 11 is 0. The lowest BCUT2D eigenvalue weighted by Crippen LogP contribution is -2.51. The van der Waals surface area contributed by atoms with Gasteiger partial charge in [-0.1, -0.05) is 0 Å². The van der Waals surface area contributed by atoms with Crippen LogP contribution in [-0.2, 0) is 9.59 Å². The normalized spacial score (nSPS) is 32.1. The van der Waals surface area contributed by atoms with Crippen LogP contribution >= 0.6 is 0 Å². The van der Waals surface area contributed by atoms with Gasteiger partial charge in [-0.25, -0.2) is 0 Å². The van der Waals surface area contributed by atoms with Crippen LogP contribution in [0.25, 0.3) is 0 Å². The van der Waals surface area contributed by atoms with E-state index >= 15 is 0 Å². The Hall–Kier alpha value is -1.16. The van der Waals surface area contributed by atoms with Crippen molar-refractivity contribution in [3.63, 3.8) is 0 Å². The van der Waals surface area contributed by atoms with Crippen molar-refractivity contribution in [1.82, 2.24) is 10.2 Å². The first kappa shape index (κ1) is 10.4. The molecular weight excluding hydrogens is 192 g/mol. The van der Waals surface area contributed by atoms with Gasteiger partial charge in [0.25, 0.3) is 11.8 Å². The van der Waals surface area contributed by atoms with Crippen LogP contribution in [0.1, 0.15) is 27.2 Å². The molecule has 0 aromatic rings. The molecule has 1 fully saturated rings. The predicted molar refractivity (Wildman–Crippen MR) is 56.1 cm³/mol. The van der Waals surface area contributed by atoms with Gasteiger partial charge in [-0.2, -0.15) is 0 Å². The highest BCUT2D eigenvalue weighted by molar-refractivity contribution is 6.19. The number of nitrogens with one attached hydrogen (secondary N) is 1. The Kier molecular flexibility index (Phi) is 2.19. The largest absolute Gasteiger partial charge is 0.314 e. The number of hydrogen-bond donors (Lipinski definition) is 1. The van der Waals surface area contributed by atoms with E-state index in [1.54, 1.807) is 13.8 Å². The van der Waals surface area contributed by atoms with Gasteiger partial charge in [-0.3, -0.25) is 14.5 Å². The van der Waals surface area contributed by atoms with Gasteiger partial charge in [0, 0.05) is 17.7 Å². The molecule has 1 atom stereocenters. The second-order valence-corrected chi connectivity index (χ2v) is 4.62. The van der Waals surface area contributed by atoms with E-state index in [0.29, 0.717) is 17.7 Å². The summed E-state index contributed by atoms with van der Waals surface area (Å²) in [5.74, 6) is -0.243. The molecule has 0 aromatic heterocycles. The van der Waals surface area contributed by atoms with E-state index in [9.17, 15) is 9.59 Å². The van der Waals surface area contributed by atoms with Crippen molar-refractivity contribution >= 4 is 11.8 Å². The van der Waals surface area contributed by atoms with E-state index in [1.165, 1.54) is 4.90 Å². The number of hydrogen-bond acceptors (Lipinski definition) is 3. The molecule has 2 aliphatic heterocycles. The average Bonchev–Trinajstić information content (AvgIpc) is 2.69. The van der Waals surface area contributed by atoms with Crippen molar-refractivity contribution in [1.29, 1.82) is 0 Å². The Morgan fingerprint density at radius 1 is 1.20 bits per heavy atom. The van der Waals surface area contributed by atoms with Crippen molar-refractivity contribution in [2.45, 2.75) is 32.7 Å². The maximum Gasteiger partial charge on any atom is 0.257 e. The summed E-state index contributed by atoms with van der Waals surface area (Å²) in [7, 11) is 0. The Morgan fingerprint density at radius 2 is 1.73 bits per heavy atom. The van der Waals surface area contributed by atoms with E-state index in [2.05, 4.69) is 5.32 Å². The number of nitrogens with zero attached hydrogens (tertiary/aromatic N) is 1. The molecule has 4 nitrogen and oxygen atoms in total. The first-order valence-electron chi connectivity index (χ1n) is 5.24. The molecule has 1 saturated heterocycles. The highest BCUT2D eigenvalue weighted by atomic mass is 16.2. The van der Waals surface area contributed by atoms with Crippen LogP contribution in [0.4, 0.5) is 0 Å². The van der Waals surface area contributed by atoms with Crippen LogP contribution in [0.3, 0.4) is 0 Å². The van der Waals surface area contributed by atoms with Crippen LogP contribution in [0, 0.1) is 0 Å². The molecule has 0 spiro atoms. The van der Waals surface area contributed by atoms with E-state index < -0.39 is 0 Å². The van der Waals surface area contributed by atoms with E-state index in [-0.39, 0.29) is 17.4 Å². The second-order valence-electron chi connectivity index (χ2n) is 4.62. The molecule has 0 aliphatic carbocycles. The van der Waals surface area contributed by atoms with Crippen molar-refractivity contribution < 1.29 is 9.59 Å². The summed E-state index contributed by atoms with van der Waals surface area (Å²) in [5, 5.41) is 3.20. The third-order valence-corrected chi connectivity index (χ3v) is 3.50. The van der Waals surface area contributed by atoms with Gasteiger partial charge in [0.1, 0.15) is 0 Å². The fourth-order valence-corrected chi connectivity index (χ4v) is 2.23. The summed E-state index contributed by atoms with van der Waals surface area (Å²) in [6, 6.07) is 0. The van der Waals surface area contributed by atoms with Crippen LogP contribution in [-0.4, -0.2) is 35.3 Å². The summed E-state index contributed by atoms with van der Waals surface area (Å²) in [6.45, 7) is 6.98. The zero-order chi connectivity index (χ0) is 11.2. The summed E-state index contributed by atoms with van der Waals surface area (Å²) in [6.07, 6.45) is 0.838. The van der Waals surface area contributed by atoms with Crippen LogP contribution < -0.4 is 5.32 Å². The first-order valence-corrected chi connectivity index (χ1v) is 5.24. The molecule has 2 heterocycles. The smallest absolute Gasteiger partial charge is 0.257 e. The third kappa shape index (κ3) is 1.32. The lowest BCUT2D eigenvalue weighted by molar-refractivity contribution is -0.143. The molecule has 0 aromatic carbocycles. The number of rotatable bonds is 1. The Balaban J connectivity index is 2.34. The van der Waals surface area contributed by atoms with Gasteiger partial charge in [0.15, 0.2) is 0 Å². The molecule has 0 bridgehead atoms. The van der Waals surface area contributed by atoms with Gasteiger partial charge in [0.2, 0.25) is 0 Å². The molecule has 0 saturated carbocycles. The summed E-state index contributed by atoms with van der Waals surface area (Å²) in [5.41, 5.74) is 0.842. The number of carbonyl (C=O) groups is 2. The zero-order valence-electron chi connectivity index (χ0n) is 9.39. The van der Waals surface area contributed by atoms with Gasteiger partial charge in [-0.05, 0) is 33.7 Å². The lowest BCUT2D eigenvalue weighted by Gasteiger charge is -2.33. The van der Waals surface area contributed by atoms with E-state index in [1.807, 2.05) is 6.92 Å². The molecule has 2 amide bonds. The fourth-order valence-electron chi connectivity index (χ4n) is 2.23. The summed E-state index contributed by atoms with van der Waals surface area (Å²) in [4.78, 5) is 25.3. The highest BCUT2D eigenvalue weighted by Gasteiger charge is 2.46. The lowest BCUT2D eigenvalue weighted by atomic mass is 9.99. The monoisotopic (exact) mass is 208 g/mol. The molecule has 2 rings (SSSR count). The number of amides is 2. The average molecular weight is 208 g/mol. The Morgan fingerprint density at radius 3 is 2.13 bits per heavy atom. The van der Waals surface area contributed by atoms with Gasteiger partial charge < -0.3 is 5.32 Å². The van der Waals surface area contributed by atoms with Gasteiger partial charge in [0.05, 0.1) is 5.54 Å². The first-order chi connectivity index (χ1) is 6.97. The molecular formula is C11H16N2O2. The molecule has 1 unspecified atom stereocenters. The number of carbonyl (C=O) groups excluding carboxylic acids is 2. The van der Waals surface area contributed by atoms with E-state index in [0.717, 1.165) is 13.0 Å².